The lowest BCUT2D eigenvalue weighted by Crippen LogP contribution is -2.18. The Morgan fingerprint density at radius 1 is 1.08 bits per heavy atom. The predicted octanol–water partition coefficient (Wildman–Crippen LogP) is 3.75. The van der Waals surface area contributed by atoms with Crippen LogP contribution in [0.1, 0.15) is 15.9 Å². The van der Waals surface area contributed by atoms with E-state index in [1.54, 1.807) is 24.3 Å². The minimum Gasteiger partial charge on any atom is -0.496 e. The molecule has 3 aromatic rings. The van der Waals surface area contributed by atoms with Crippen molar-refractivity contribution in [2.45, 2.75) is 0 Å². The number of nitrogens with one attached hydrogen (secondary N) is 1. The van der Waals surface area contributed by atoms with E-state index in [4.69, 9.17) is 4.74 Å². The number of nitrogens with zero attached hydrogens (tertiary/aromatic N) is 1. The first-order chi connectivity index (χ1) is 11.7. The predicted molar refractivity (Wildman–Crippen MR) is 92.0 cm³/mol. The molecule has 24 heavy (non-hydrogen) atoms. The molecule has 0 heterocycles. The van der Waals surface area contributed by atoms with Gasteiger partial charge in [-0.15, -0.1) is 0 Å². The van der Waals surface area contributed by atoms with Crippen LogP contribution >= 0.6 is 0 Å². The molecular weight excluding hydrogens is 307 g/mol. The zero-order valence-electron chi connectivity index (χ0n) is 13.0. The summed E-state index contributed by atoms with van der Waals surface area (Å²) >= 11 is 0. The zero-order chi connectivity index (χ0) is 16.9. The monoisotopic (exact) mass is 322 g/mol. The van der Waals surface area contributed by atoms with Gasteiger partial charge in [0.25, 0.3) is 5.91 Å². The molecular formula is C19H15FN2O2. The minimum absolute atomic E-state index is 0.360. The molecule has 0 spiro atoms. The van der Waals surface area contributed by atoms with Crippen molar-refractivity contribution < 1.29 is 13.9 Å². The van der Waals surface area contributed by atoms with Crippen molar-refractivity contribution in [2.24, 2.45) is 5.10 Å². The summed E-state index contributed by atoms with van der Waals surface area (Å²) in [4.78, 5) is 12.3. The summed E-state index contributed by atoms with van der Waals surface area (Å²) < 4.78 is 18.4. The number of hydrogen-bond donors (Lipinski definition) is 1. The van der Waals surface area contributed by atoms with E-state index in [0.29, 0.717) is 16.9 Å². The molecule has 4 nitrogen and oxygen atoms in total. The average Bonchev–Trinajstić information content (AvgIpc) is 2.60. The standard InChI is InChI=1S/C19H15FN2O2/c1-24-18-11-15-7-3-2-6-14(15)10-17(18)19(23)22-21-12-13-5-4-8-16(20)9-13/h2-12H,1H3,(H,22,23)/b21-12+. The van der Waals surface area contributed by atoms with Crippen molar-refractivity contribution in [3.8, 4) is 5.75 Å². The number of halogens is 1. The number of methoxy groups -OCH3 is 1. The summed E-state index contributed by atoms with van der Waals surface area (Å²) in [6.45, 7) is 0. The number of amides is 1. The van der Waals surface area contributed by atoms with E-state index in [0.717, 1.165) is 10.8 Å². The second-order valence-corrected chi connectivity index (χ2v) is 5.15. The third-order valence-corrected chi connectivity index (χ3v) is 3.54. The molecule has 0 aromatic heterocycles. The maximum atomic E-state index is 13.1. The molecule has 0 aliphatic heterocycles. The van der Waals surface area contributed by atoms with Gasteiger partial charge in [-0.2, -0.15) is 5.10 Å². The number of carbonyl (C=O) groups is 1. The Bertz CT molecular complexity index is 922. The lowest BCUT2D eigenvalue weighted by atomic mass is 10.1. The van der Waals surface area contributed by atoms with E-state index in [2.05, 4.69) is 10.5 Å². The first-order valence-electron chi connectivity index (χ1n) is 7.33. The lowest BCUT2D eigenvalue weighted by Gasteiger charge is -2.09. The van der Waals surface area contributed by atoms with Crippen LogP contribution in [0.5, 0.6) is 5.75 Å². The fourth-order valence-corrected chi connectivity index (χ4v) is 2.38. The van der Waals surface area contributed by atoms with Gasteiger partial charge in [-0.3, -0.25) is 4.79 Å². The highest BCUT2D eigenvalue weighted by atomic mass is 19.1. The number of carbonyl (C=O) groups excluding carboxylic acids is 1. The lowest BCUT2D eigenvalue weighted by molar-refractivity contribution is 0.0952. The molecule has 0 bridgehead atoms. The SMILES string of the molecule is COc1cc2ccccc2cc1C(=O)N/N=C/c1cccc(F)c1. The van der Waals surface area contributed by atoms with Crippen molar-refractivity contribution in [1.82, 2.24) is 5.43 Å². The molecule has 1 amide bonds. The summed E-state index contributed by atoms with van der Waals surface area (Å²) in [5.41, 5.74) is 3.37. The third-order valence-electron chi connectivity index (χ3n) is 3.54. The molecule has 3 aromatic carbocycles. The van der Waals surface area contributed by atoms with Crippen LogP contribution in [0.15, 0.2) is 65.8 Å². The van der Waals surface area contributed by atoms with Gasteiger partial charge in [-0.25, -0.2) is 9.82 Å². The van der Waals surface area contributed by atoms with Gasteiger partial charge >= 0.3 is 0 Å². The van der Waals surface area contributed by atoms with E-state index in [1.807, 2.05) is 24.3 Å². The van der Waals surface area contributed by atoms with Gasteiger partial charge < -0.3 is 4.74 Å². The number of fused-ring (bicyclic) bond motifs is 1. The summed E-state index contributed by atoms with van der Waals surface area (Å²) in [6.07, 6.45) is 1.38. The quantitative estimate of drug-likeness (QED) is 0.587. The fraction of sp³-hybridized carbons (Fsp3) is 0.0526. The van der Waals surface area contributed by atoms with Crippen LogP contribution in [-0.2, 0) is 0 Å². The molecule has 0 aliphatic carbocycles. The Morgan fingerprint density at radius 2 is 1.83 bits per heavy atom. The summed E-state index contributed by atoms with van der Waals surface area (Å²) in [7, 11) is 1.51. The van der Waals surface area contributed by atoms with Crippen molar-refractivity contribution in [3.05, 3.63) is 77.6 Å². The van der Waals surface area contributed by atoms with Crippen LogP contribution in [0.4, 0.5) is 4.39 Å². The summed E-state index contributed by atoms with van der Waals surface area (Å²) in [6, 6.07) is 17.2. The smallest absolute Gasteiger partial charge is 0.275 e. The van der Waals surface area contributed by atoms with Crippen LogP contribution in [0.2, 0.25) is 0 Å². The zero-order valence-corrected chi connectivity index (χ0v) is 13.0. The Kier molecular flexibility index (Phi) is 4.52. The van der Waals surface area contributed by atoms with Gasteiger partial charge in [-0.05, 0) is 40.6 Å². The second kappa shape index (κ2) is 6.91. The maximum absolute atomic E-state index is 13.1. The summed E-state index contributed by atoms with van der Waals surface area (Å²) in [5.74, 6) is -0.293. The summed E-state index contributed by atoms with van der Waals surface area (Å²) in [5, 5.41) is 5.78. The maximum Gasteiger partial charge on any atom is 0.275 e. The molecule has 0 unspecified atom stereocenters. The molecule has 0 aliphatic rings. The van der Waals surface area contributed by atoms with E-state index < -0.39 is 5.91 Å². The van der Waals surface area contributed by atoms with Gasteiger partial charge in [0.2, 0.25) is 0 Å². The Labute approximate surface area is 138 Å². The highest BCUT2D eigenvalue weighted by Gasteiger charge is 2.13. The number of ether oxygens (including phenoxy) is 1. The van der Waals surface area contributed by atoms with Crippen LogP contribution in [-0.4, -0.2) is 19.2 Å². The number of hydrogen-bond acceptors (Lipinski definition) is 3. The minimum atomic E-state index is -0.398. The van der Waals surface area contributed by atoms with Crippen molar-refractivity contribution in [1.29, 1.82) is 0 Å². The van der Waals surface area contributed by atoms with Gasteiger partial charge in [0.05, 0.1) is 18.9 Å². The molecule has 120 valence electrons. The second-order valence-electron chi connectivity index (χ2n) is 5.15. The van der Waals surface area contributed by atoms with Crippen molar-refractivity contribution in [3.63, 3.8) is 0 Å². The Balaban J connectivity index is 1.83. The van der Waals surface area contributed by atoms with E-state index >= 15 is 0 Å². The molecule has 0 saturated carbocycles. The highest BCUT2D eigenvalue weighted by molar-refractivity contribution is 6.01. The Morgan fingerprint density at radius 3 is 2.54 bits per heavy atom. The van der Waals surface area contributed by atoms with Crippen LogP contribution in [0.3, 0.4) is 0 Å². The van der Waals surface area contributed by atoms with Gasteiger partial charge in [0.15, 0.2) is 0 Å². The molecule has 3 rings (SSSR count). The fourth-order valence-electron chi connectivity index (χ4n) is 2.38. The van der Waals surface area contributed by atoms with E-state index in [9.17, 15) is 9.18 Å². The van der Waals surface area contributed by atoms with Crippen molar-refractivity contribution >= 4 is 22.9 Å². The van der Waals surface area contributed by atoms with Gasteiger partial charge in [0, 0.05) is 0 Å². The van der Waals surface area contributed by atoms with Crippen LogP contribution in [0, 0.1) is 5.82 Å². The molecule has 0 atom stereocenters. The van der Waals surface area contributed by atoms with Crippen LogP contribution in [0.25, 0.3) is 10.8 Å². The Hall–Kier alpha value is -3.21. The third kappa shape index (κ3) is 3.41. The molecule has 0 fully saturated rings. The van der Waals surface area contributed by atoms with Crippen LogP contribution < -0.4 is 10.2 Å². The number of rotatable bonds is 4. The molecule has 0 saturated heterocycles. The number of benzene rings is 3. The highest BCUT2D eigenvalue weighted by Crippen LogP contribution is 2.25. The molecule has 1 N–H and O–H groups in total. The van der Waals surface area contributed by atoms with Crippen molar-refractivity contribution in [2.75, 3.05) is 7.11 Å². The average molecular weight is 322 g/mol. The first kappa shape index (κ1) is 15.7. The normalized spacial score (nSPS) is 10.9. The van der Waals surface area contributed by atoms with E-state index in [-0.39, 0.29) is 5.82 Å². The van der Waals surface area contributed by atoms with Gasteiger partial charge in [0.1, 0.15) is 11.6 Å². The number of hydrazone groups is 1. The first-order valence-corrected chi connectivity index (χ1v) is 7.33. The topological polar surface area (TPSA) is 50.7 Å². The molecule has 0 radical (unpaired) electrons. The van der Waals surface area contributed by atoms with Gasteiger partial charge in [-0.1, -0.05) is 36.4 Å². The van der Waals surface area contributed by atoms with E-state index in [1.165, 1.54) is 25.5 Å². The largest absolute Gasteiger partial charge is 0.496 e. The molecule has 5 heteroatoms.